The standard InChI is InChI=1S/C25H25N3O6S/c29-24-17(7-16-8-22-23(34-14-33-22)9-19(16)27-24)12-28(25(35)26-10-18-2-1-5-30-18)11-15-3-4-20-21(6-15)32-13-31-20/h3-4,6-9,18H,1-2,5,10-14H2,(H,26,35)(H,27,29)/t18-/m1/s1. The maximum Gasteiger partial charge on any atom is 0.253 e. The van der Waals surface area contributed by atoms with Crippen LogP contribution in [-0.4, -0.2) is 47.8 Å². The van der Waals surface area contributed by atoms with Gasteiger partial charge in [0.1, 0.15) is 0 Å². The number of pyridine rings is 1. The van der Waals surface area contributed by atoms with E-state index in [4.69, 9.17) is 35.9 Å². The first-order valence-electron chi connectivity index (χ1n) is 11.6. The summed E-state index contributed by atoms with van der Waals surface area (Å²) in [7, 11) is 0. The number of aromatic nitrogens is 1. The van der Waals surface area contributed by atoms with Crippen LogP contribution in [0.1, 0.15) is 24.0 Å². The van der Waals surface area contributed by atoms with E-state index >= 15 is 0 Å². The molecule has 0 saturated carbocycles. The van der Waals surface area contributed by atoms with Gasteiger partial charge in [0.2, 0.25) is 13.6 Å². The number of fused-ring (bicyclic) bond motifs is 3. The van der Waals surface area contributed by atoms with E-state index in [-0.39, 0.29) is 25.2 Å². The molecular formula is C25H25N3O6S. The summed E-state index contributed by atoms with van der Waals surface area (Å²) in [6, 6.07) is 11.4. The summed E-state index contributed by atoms with van der Waals surface area (Å²) in [6.07, 6.45) is 2.22. The quantitative estimate of drug-likeness (QED) is 0.501. The molecule has 4 heterocycles. The topological polar surface area (TPSA) is 94.3 Å². The van der Waals surface area contributed by atoms with Gasteiger partial charge in [-0.3, -0.25) is 4.79 Å². The van der Waals surface area contributed by atoms with E-state index in [1.54, 1.807) is 6.07 Å². The minimum Gasteiger partial charge on any atom is -0.454 e. The molecule has 0 spiro atoms. The van der Waals surface area contributed by atoms with E-state index in [9.17, 15) is 4.79 Å². The number of rotatable bonds is 6. The third-order valence-electron chi connectivity index (χ3n) is 6.38. The van der Waals surface area contributed by atoms with Crippen LogP contribution in [-0.2, 0) is 17.8 Å². The maximum absolute atomic E-state index is 13.0. The predicted molar refractivity (Wildman–Crippen MR) is 132 cm³/mol. The highest BCUT2D eigenvalue weighted by Crippen LogP contribution is 2.35. The first kappa shape index (κ1) is 22.0. The van der Waals surface area contributed by atoms with Crippen LogP contribution in [0.3, 0.4) is 0 Å². The number of H-pyrrole nitrogens is 1. The molecule has 0 unspecified atom stereocenters. The fraction of sp³-hybridized carbons (Fsp3) is 0.360. The Morgan fingerprint density at radius 1 is 1.00 bits per heavy atom. The summed E-state index contributed by atoms with van der Waals surface area (Å²) in [5, 5.41) is 4.76. The van der Waals surface area contributed by atoms with E-state index in [2.05, 4.69) is 10.3 Å². The van der Waals surface area contributed by atoms with Crippen LogP contribution >= 0.6 is 12.2 Å². The van der Waals surface area contributed by atoms with E-state index in [1.165, 1.54) is 0 Å². The molecule has 1 fully saturated rings. The fourth-order valence-corrected chi connectivity index (χ4v) is 4.75. The minimum atomic E-state index is -0.172. The highest BCUT2D eigenvalue weighted by Gasteiger charge is 2.21. The summed E-state index contributed by atoms with van der Waals surface area (Å²) in [5.74, 6) is 2.73. The molecule has 2 N–H and O–H groups in total. The molecule has 10 heteroatoms. The molecular weight excluding hydrogens is 470 g/mol. The lowest BCUT2D eigenvalue weighted by Gasteiger charge is -2.27. The number of nitrogens with one attached hydrogen (secondary N) is 2. The number of hydrogen-bond donors (Lipinski definition) is 2. The van der Waals surface area contributed by atoms with Gasteiger partial charge in [0.25, 0.3) is 5.56 Å². The molecule has 1 atom stereocenters. The summed E-state index contributed by atoms with van der Waals surface area (Å²) in [4.78, 5) is 17.9. The maximum atomic E-state index is 13.0. The Balaban J connectivity index is 1.27. The molecule has 0 radical (unpaired) electrons. The normalized spacial score (nSPS) is 17.7. The second kappa shape index (κ2) is 9.27. The molecule has 6 rings (SSSR count). The van der Waals surface area contributed by atoms with Gasteiger partial charge in [-0.25, -0.2) is 0 Å². The van der Waals surface area contributed by atoms with Crippen LogP contribution in [0.5, 0.6) is 23.0 Å². The lowest BCUT2D eigenvalue weighted by molar-refractivity contribution is 0.113. The van der Waals surface area contributed by atoms with Crippen LogP contribution in [0.4, 0.5) is 0 Å². The van der Waals surface area contributed by atoms with Gasteiger partial charge in [-0.1, -0.05) is 6.07 Å². The van der Waals surface area contributed by atoms with Crippen LogP contribution in [0.2, 0.25) is 0 Å². The zero-order valence-electron chi connectivity index (χ0n) is 19.0. The largest absolute Gasteiger partial charge is 0.454 e. The molecule has 0 amide bonds. The van der Waals surface area contributed by atoms with Crippen molar-refractivity contribution in [3.05, 3.63) is 57.9 Å². The Kier molecular flexibility index (Phi) is 5.83. The molecule has 35 heavy (non-hydrogen) atoms. The highest BCUT2D eigenvalue weighted by atomic mass is 32.1. The van der Waals surface area contributed by atoms with E-state index < -0.39 is 0 Å². The third kappa shape index (κ3) is 4.59. The van der Waals surface area contributed by atoms with E-state index in [0.717, 1.165) is 36.1 Å². The van der Waals surface area contributed by atoms with Gasteiger partial charge in [0, 0.05) is 36.7 Å². The summed E-state index contributed by atoms with van der Waals surface area (Å²) in [5.41, 5.74) is 2.12. The number of ether oxygens (including phenoxy) is 5. The molecule has 0 aliphatic carbocycles. The van der Waals surface area contributed by atoms with Crippen molar-refractivity contribution in [2.45, 2.75) is 32.0 Å². The second-order valence-electron chi connectivity index (χ2n) is 8.78. The molecule has 3 aromatic rings. The van der Waals surface area contributed by atoms with Gasteiger partial charge in [-0.05, 0) is 54.9 Å². The molecule has 2 aromatic carbocycles. The SMILES string of the molecule is O=c1[nH]c2cc3c(cc2cc1CN(Cc1ccc2c(c1)OCO2)C(=S)NC[C@H]1CCCO1)OCO3. The number of thiocarbonyl (C=S) groups is 1. The third-order valence-corrected chi connectivity index (χ3v) is 6.78. The smallest absolute Gasteiger partial charge is 0.253 e. The number of benzene rings is 2. The number of aromatic amines is 1. The van der Waals surface area contributed by atoms with Crippen molar-refractivity contribution in [1.29, 1.82) is 0 Å². The lowest BCUT2D eigenvalue weighted by Crippen LogP contribution is -2.42. The van der Waals surface area contributed by atoms with Crippen LogP contribution < -0.4 is 29.8 Å². The number of nitrogens with zero attached hydrogens (tertiary/aromatic N) is 1. The van der Waals surface area contributed by atoms with E-state index in [1.807, 2.05) is 35.2 Å². The van der Waals surface area contributed by atoms with Crippen molar-refractivity contribution in [1.82, 2.24) is 15.2 Å². The molecule has 3 aliphatic rings. The summed E-state index contributed by atoms with van der Waals surface area (Å²) < 4.78 is 27.6. The molecule has 3 aliphatic heterocycles. The lowest BCUT2D eigenvalue weighted by atomic mass is 10.1. The van der Waals surface area contributed by atoms with Crippen molar-refractivity contribution >= 4 is 28.2 Å². The van der Waals surface area contributed by atoms with Crippen molar-refractivity contribution in [2.24, 2.45) is 0 Å². The zero-order chi connectivity index (χ0) is 23.8. The van der Waals surface area contributed by atoms with Crippen molar-refractivity contribution in [3.63, 3.8) is 0 Å². The Morgan fingerprint density at radius 2 is 1.77 bits per heavy atom. The highest BCUT2D eigenvalue weighted by molar-refractivity contribution is 7.80. The second-order valence-corrected chi connectivity index (χ2v) is 9.17. The van der Waals surface area contributed by atoms with Crippen molar-refractivity contribution < 1.29 is 23.7 Å². The van der Waals surface area contributed by atoms with Gasteiger partial charge in [0.15, 0.2) is 28.1 Å². The van der Waals surface area contributed by atoms with Crippen LogP contribution in [0.25, 0.3) is 10.9 Å². The molecule has 9 nitrogen and oxygen atoms in total. The van der Waals surface area contributed by atoms with Crippen LogP contribution in [0, 0.1) is 0 Å². The molecule has 1 saturated heterocycles. The predicted octanol–water partition coefficient (Wildman–Crippen LogP) is 3.04. The Labute approximate surface area is 206 Å². The first-order valence-corrected chi connectivity index (χ1v) is 12.0. The minimum absolute atomic E-state index is 0.147. The van der Waals surface area contributed by atoms with Gasteiger partial charge in [-0.2, -0.15) is 0 Å². The Bertz CT molecular complexity index is 1340. The van der Waals surface area contributed by atoms with Gasteiger partial charge in [-0.15, -0.1) is 0 Å². The fourth-order valence-electron chi connectivity index (χ4n) is 4.54. The average Bonchev–Trinajstić information content (AvgIpc) is 3.62. The average molecular weight is 496 g/mol. The Hall–Kier alpha value is -3.50. The first-order chi connectivity index (χ1) is 17.1. The Morgan fingerprint density at radius 3 is 2.57 bits per heavy atom. The molecule has 1 aromatic heterocycles. The monoisotopic (exact) mass is 495 g/mol. The van der Waals surface area contributed by atoms with Gasteiger partial charge in [0.05, 0.1) is 18.2 Å². The van der Waals surface area contributed by atoms with Crippen molar-refractivity contribution in [2.75, 3.05) is 26.7 Å². The number of hydrogen-bond acceptors (Lipinski definition) is 7. The zero-order valence-corrected chi connectivity index (χ0v) is 19.8. The van der Waals surface area contributed by atoms with Gasteiger partial charge >= 0.3 is 0 Å². The van der Waals surface area contributed by atoms with E-state index in [0.29, 0.717) is 53.1 Å². The molecule has 0 bridgehead atoms. The molecule has 182 valence electrons. The van der Waals surface area contributed by atoms with Gasteiger partial charge < -0.3 is 38.9 Å². The summed E-state index contributed by atoms with van der Waals surface area (Å²) in [6.45, 7) is 2.63. The van der Waals surface area contributed by atoms with Crippen molar-refractivity contribution in [3.8, 4) is 23.0 Å². The summed E-state index contributed by atoms with van der Waals surface area (Å²) >= 11 is 5.77. The van der Waals surface area contributed by atoms with Crippen LogP contribution in [0.15, 0.2) is 41.2 Å².